The molecule has 5 rings (SSSR count). The summed E-state index contributed by atoms with van der Waals surface area (Å²) in [6.45, 7) is 3.95. The van der Waals surface area contributed by atoms with Crippen molar-refractivity contribution in [2.24, 2.45) is 0 Å². The van der Waals surface area contributed by atoms with Gasteiger partial charge in [-0.2, -0.15) is 13.2 Å². The third kappa shape index (κ3) is 6.81. The van der Waals surface area contributed by atoms with Crippen LogP contribution in [0.3, 0.4) is 0 Å². The molecular weight excluding hydrogens is 513 g/mol. The molecule has 1 unspecified atom stereocenters. The number of nitrogens with one attached hydrogen (secondary N) is 2. The second kappa shape index (κ2) is 12.2. The van der Waals surface area contributed by atoms with Crippen LogP contribution < -0.4 is 10.6 Å². The lowest BCUT2D eigenvalue weighted by Crippen LogP contribution is -2.39. The van der Waals surface area contributed by atoms with E-state index in [1.807, 2.05) is 18.2 Å². The summed E-state index contributed by atoms with van der Waals surface area (Å²) in [5.41, 5.74) is 1.66. The fourth-order valence-corrected chi connectivity index (χ4v) is 4.96. The highest BCUT2D eigenvalue weighted by atomic mass is 19.4. The number of benzene rings is 1. The Bertz CT molecular complexity index is 1260. The molecule has 0 radical (unpaired) electrons. The van der Waals surface area contributed by atoms with Gasteiger partial charge in [-0.15, -0.1) is 0 Å². The fraction of sp³-hybridized carbons (Fsp3) is 0.481. The van der Waals surface area contributed by atoms with Gasteiger partial charge in [-0.3, -0.25) is 9.69 Å². The normalized spacial score (nSPS) is 18.4. The Labute approximate surface area is 224 Å². The molecule has 0 saturated carbocycles. The van der Waals surface area contributed by atoms with Crippen molar-refractivity contribution in [3.05, 3.63) is 59.7 Å². The van der Waals surface area contributed by atoms with Crippen molar-refractivity contribution in [3.8, 4) is 0 Å². The van der Waals surface area contributed by atoms with Crippen LogP contribution in [0.5, 0.6) is 0 Å². The molecule has 2 aromatic heterocycles. The standard InChI is InChI=1S/C27H31F3N6O3/c28-27(29,30)26-32-15-18(16-33-26)23(36-9-2-11-38-14-10-36)17-31-25(37)21-3-1-4-22-20(21)5-6-24(35-22)34-19-7-12-39-13-8-19/h1,3-6,15-16,19,23H,2,7-14,17H2,(H,31,37)(H,34,35). The summed E-state index contributed by atoms with van der Waals surface area (Å²) in [5.74, 6) is -0.740. The van der Waals surface area contributed by atoms with Crippen LogP contribution in [0.4, 0.5) is 19.0 Å². The van der Waals surface area contributed by atoms with E-state index in [1.54, 1.807) is 12.1 Å². The van der Waals surface area contributed by atoms with E-state index in [4.69, 9.17) is 14.5 Å². The zero-order valence-corrected chi connectivity index (χ0v) is 21.4. The molecule has 2 saturated heterocycles. The second-order valence-corrected chi connectivity index (χ2v) is 9.67. The van der Waals surface area contributed by atoms with Crippen LogP contribution in [0.2, 0.25) is 0 Å². The molecule has 0 spiro atoms. The second-order valence-electron chi connectivity index (χ2n) is 9.67. The molecule has 2 N–H and O–H groups in total. The van der Waals surface area contributed by atoms with Gasteiger partial charge in [0.15, 0.2) is 0 Å². The monoisotopic (exact) mass is 544 g/mol. The maximum atomic E-state index is 13.3. The molecule has 2 aliphatic heterocycles. The molecule has 2 fully saturated rings. The predicted octanol–water partition coefficient (Wildman–Crippen LogP) is 3.83. The molecule has 208 valence electrons. The SMILES string of the molecule is O=C(NCC(c1cnc(C(F)(F)F)nc1)N1CCCOCC1)c1cccc2nc(NC3CCOCC3)ccc12. The van der Waals surface area contributed by atoms with Gasteiger partial charge in [0, 0.05) is 74.4 Å². The van der Waals surface area contributed by atoms with Crippen molar-refractivity contribution in [1.82, 2.24) is 25.2 Å². The van der Waals surface area contributed by atoms with Gasteiger partial charge in [-0.1, -0.05) is 6.07 Å². The molecule has 9 nitrogen and oxygen atoms in total. The molecule has 4 heterocycles. The minimum absolute atomic E-state index is 0.167. The Morgan fingerprint density at radius 2 is 1.79 bits per heavy atom. The Kier molecular flexibility index (Phi) is 8.53. The molecule has 1 amide bonds. The number of alkyl halides is 3. The molecule has 1 aromatic carbocycles. The van der Waals surface area contributed by atoms with Crippen molar-refractivity contribution >= 4 is 22.6 Å². The Balaban J connectivity index is 1.33. The highest BCUT2D eigenvalue weighted by molar-refractivity contribution is 6.06. The van der Waals surface area contributed by atoms with Gasteiger partial charge in [-0.05, 0) is 43.5 Å². The number of hydrogen-bond donors (Lipinski definition) is 2. The molecule has 39 heavy (non-hydrogen) atoms. The van der Waals surface area contributed by atoms with Crippen molar-refractivity contribution < 1.29 is 27.4 Å². The van der Waals surface area contributed by atoms with Crippen LogP contribution in [0.1, 0.15) is 47.1 Å². The van der Waals surface area contributed by atoms with E-state index < -0.39 is 18.0 Å². The lowest BCUT2D eigenvalue weighted by atomic mass is 10.1. The van der Waals surface area contributed by atoms with E-state index >= 15 is 0 Å². The van der Waals surface area contributed by atoms with E-state index in [-0.39, 0.29) is 12.5 Å². The third-order valence-corrected chi connectivity index (χ3v) is 7.01. The number of aromatic nitrogens is 3. The average molecular weight is 545 g/mol. The number of amides is 1. The van der Waals surface area contributed by atoms with Crippen molar-refractivity contribution in [2.45, 2.75) is 37.5 Å². The average Bonchev–Trinajstić information content (AvgIpc) is 3.22. The summed E-state index contributed by atoms with van der Waals surface area (Å²) >= 11 is 0. The Morgan fingerprint density at radius 1 is 1.03 bits per heavy atom. The molecule has 2 aliphatic rings. The number of hydrogen-bond acceptors (Lipinski definition) is 8. The largest absolute Gasteiger partial charge is 0.451 e. The first-order valence-electron chi connectivity index (χ1n) is 13.1. The third-order valence-electron chi connectivity index (χ3n) is 7.01. The van der Waals surface area contributed by atoms with E-state index in [0.29, 0.717) is 54.4 Å². The maximum absolute atomic E-state index is 13.3. The van der Waals surface area contributed by atoms with E-state index in [2.05, 4.69) is 25.5 Å². The van der Waals surface area contributed by atoms with E-state index in [9.17, 15) is 18.0 Å². The summed E-state index contributed by atoms with van der Waals surface area (Å²) < 4.78 is 50.0. The van der Waals surface area contributed by atoms with E-state index in [1.165, 1.54) is 12.4 Å². The lowest BCUT2D eigenvalue weighted by Gasteiger charge is -2.30. The number of fused-ring (bicyclic) bond motifs is 1. The quantitative estimate of drug-likeness (QED) is 0.463. The molecule has 0 bridgehead atoms. The zero-order valence-electron chi connectivity index (χ0n) is 21.4. The first kappa shape index (κ1) is 27.2. The summed E-state index contributed by atoms with van der Waals surface area (Å²) in [4.78, 5) is 27.2. The van der Waals surface area contributed by atoms with Gasteiger partial charge in [0.2, 0.25) is 5.82 Å². The number of halogens is 3. The minimum atomic E-state index is -4.62. The fourth-order valence-electron chi connectivity index (χ4n) is 4.96. The Hall–Kier alpha value is -3.35. The highest BCUT2D eigenvalue weighted by Gasteiger charge is 2.35. The number of ether oxygens (including phenoxy) is 2. The molecule has 0 aliphatic carbocycles. The van der Waals surface area contributed by atoms with Crippen LogP contribution in [0.25, 0.3) is 10.9 Å². The van der Waals surface area contributed by atoms with Crippen LogP contribution in [-0.4, -0.2) is 77.9 Å². The zero-order chi connectivity index (χ0) is 27.2. The van der Waals surface area contributed by atoms with Crippen molar-refractivity contribution in [1.29, 1.82) is 0 Å². The number of pyridine rings is 1. The van der Waals surface area contributed by atoms with Crippen LogP contribution >= 0.6 is 0 Å². The van der Waals surface area contributed by atoms with Gasteiger partial charge in [0.25, 0.3) is 5.91 Å². The summed E-state index contributed by atoms with van der Waals surface area (Å²) in [7, 11) is 0. The topological polar surface area (TPSA) is 102 Å². The first-order valence-corrected chi connectivity index (χ1v) is 13.1. The minimum Gasteiger partial charge on any atom is -0.381 e. The summed E-state index contributed by atoms with van der Waals surface area (Å²) in [5, 5.41) is 7.13. The van der Waals surface area contributed by atoms with Gasteiger partial charge in [0.1, 0.15) is 5.82 Å². The van der Waals surface area contributed by atoms with Crippen LogP contribution in [0, 0.1) is 0 Å². The molecule has 3 aromatic rings. The van der Waals surface area contributed by atoms with Crippen molar-refractivity contribution in [3.63, 3.8) is 0 Å². The predicted molar refractivity (Wildman–Crippen MR) is 138 cm³/mol. The number of rotatable bonds is 7. The Morgan fingerprint density at radius 3 is 2.56 bits per heavy atom. The van der Waals surface area contributed by atoms with Gasteiger partial charge in [-0.25, -0.2) is 15.0 Å². The lowest BCUT2D eigenvalue weighted by molar-refractivity contribution is -0.145. The molecule has 1 atom stereocenters. The van der Waals surface area contributed by atoms with Gasteiger partial charge in [0.05, 0.1) is 18.2 Å². The number of nitrogens with zero attached hydrogens (tertiary/aromatic N) is 4. The summed E-state index contributed by atoms with van der Waals surface area (Å²) in [6.07, 6.45) is 0.347. The highest BCUT2D eigenvalue weighted by Crippen LogP contribution is 2.28. The first-order chi connectivity index (χ1) is 18.9. The number of anilines is 1. The molecule has 12 heteroatoms. The summed E-state index contributed by atoms with van der Waals surface area (Å²) in [6, 6.07) is 9.02. The van der Waals surface area contributed by atoms with Gasteiger partial charge >= 0.3 is 6.18 Å². The number of carbonyl (C=O) groups excluding carboxylic acids is 1. The number of carbonyl (C=O) groups is 1. The maximum Gasteiger partial charge on any atom is 0.451 e. The molecular formula is C27H31F3N6O3. The van der Waals surface area contributed by atoms with Gasteiger partial charge < -0.3 is 20.1 Å². The van der Waals surface area contributed by atoms with Crippen molar-refractivity contribution in [2.75, 3.05) is 51.4 Å². The van der Waals surface area contributed by atoms with Crippen LogP contribution in [-0.2, 0) is 15.7 Å². The van der Waals surface area contributed by atoms with Crippen LogP contribution in [0.15, 0.2) is 42.7 Å². The van der Waals surface area contributed by atoms with E-state index in [0.717, 1.165) is 38.3 Å². The smallest absolute Gasteiger partial charge is 0.381 e.